The van der Waals surface area contributed by atoms with E-state index < -0.39 is 0 Å². The molecule has 0 aromatic heterocycles. The predicted molar refractivity (Wildman–Crippen MR) is 60.5 cm³/mol. The van der Waals surface area contributed by atoms with Crippen molar-refractivity contribution in [2.24, 2.45) is 0 Å². The van der Waals surface area contributed by atoms with Crippen LogP contribution in [0.15, 0.2) is 36.4 Å². The Morgan fingerprint density at radius 2 is 2.00 bits per heavy atom. The van der Waals surface area contributed by atoms with E-state index in [2.05, 4.69) is 6.58 Å². The van der Waals surface area contributed by atoms with Crippen molar-refractivity contribution in [2.45, 2.75) is 19.8 Å². The van der Waals surface area contributed by atoms with Crippen LogP contribution in [0.1, 0.15) is 18.9 Å². The number of ether oxygens (including phenoxy) is 1. The second kappa shape index (κ2) is 6.05. The average Bonchev–Trinajstić information content (AvgIpc) is 2.25. The van der Waals surface area contributed by atoms with E-state index in [0.29, 0.717) is 12.8 Å². The van der Waals surface area contributed by atoms with Crippen LogP contribution in [0.3, 0.4) is 0 Å². The minimum Gasteiger partial charge on any atom is -0.461 e. The summed E-state index contributed by atoms with van der Waals surface area (Å²) in [6.45, 7) is 5.70. The van der Waals surface area contributed by atoms with Crippen molar-refractivity contribution < 1.29 is 13.9 Å². The van der Waals surface area contributed by atoms with Crippen molar-refractivity contribution in [1.82, 2.24) is 0 Å². The lowest BCUT2D eigenvalue weighted by atomic mass is 10.1. The molecule has 0 aliphatic heterocycles. The minimum atomic E-state index is -0.270. The molecular weight excluding hydrogens is 207 g/mol. The first-order valence-electron chi connectivity index (χ1n) is 5.12. The molecular formula is C13H15FO2. The van der Waals surface area contributed by atoms with E-state index >= 15 is 0 Å². The molecule has 0 N–H and O–H groups in total. The standard InChI is InChI=1S/C13H15FO2/c1-10(2)9-16-13(15)8-5-11-3-6-12(14)7-4-11/h3-4,6-7H,1,5,8-9H2,2H3. The smallest absolute Gasteiger partial charge is 0.306 e. The quantitative estimate of drug-likeness (QED) is 0.565. The summed E-state index contributed by atoms with van der Waals surface area (Å²) in [4.78, 5) is 11.3. The van der Waals surface area contributed by atoms with Crippen LogP contribution in [0.5, 0.6) is 0 Å². The molecule has 0 atom stereocenters. The molecule has 0 fully saturated rings. The molecule has 0 heterocycles. The van der Waals surface area contributed by atoms with Gasteiger partial charge in [0.1, 0.15) is 12.4 Å². The first kappa shape index (κ1) is 12.4. The molecule has 0 saturated carbocycles. The Morgan fingerprint density at radius 1 is 1.38 bits per heavy atom. The summed E-state index contributed by atoms with van der Waals surface area (Å²) in [6.07, 6.45) is 0.869. The van der Waals surface area contributed by atoms with Crippen molar-refractivity contribution in [1.29, 1.82) is 0 Å². The number of esters is 1. The molecule has 0 aliphatic carbocycles. The first-order chi connectivity index (χ1) is 7.58. The van der Waals surface area contributed by atoms with E-state index in [1.165, 1.54) is 12.1 Å². The molecule has 0 bridgehead atoms. The number of carbonyl (C=O) groups is 1. The van der Waals surface area contributed by atoms with Gasteiger partial charge in [-0.15, -0.1) is 0 Å². The summed E-state index contributed by atoms with van der Waals surface area (Å²) in [7, 11) is 0. The summed E-state index contributed by atoms with van der Waals surface area (Å²) in [5.74, 6) is -0.527. The Balaban J connectivity index is 2.31. The normalized spacial score (nSPS) is 9.88. The fourth-order valence-electron chi connectivity index (χ4n) is 1.17. The fourth-order valence-corrected chi connectivity index (χ4v) is 1.17. The Bertz CT molecular complexity index is 368. The molecule has 0 saturated heterocycles. The molecule has 0 radical (unpaired) electrons. The molecule has 86 valence electrons. The van der Waals surface area contributed by atoms with Crippen LogP contribution >= 0.6 is 0 Å². The van der Waals surface area contributed by atoms with Crippen molar-refractivity contribution >= 4 is 5.97 Å². The Morgan fingerprint density at radius 3 is 2.56 bits per heavy atom. The summed E-state index contributed by atoms with van der Waals surface area (Å²) in [5, 5.41) is 0. The van der Waals surface area contributed by atoms with Gasteiger partial charge in [0.05, 0.1) is 0 Å². The lowest BCUT2D eigenvalue weighted by molar-refractivity contribution is -0.142. The van der Waals surface area contributed by atoms with Gasteiger partial charge >= 0.3 is 5.97 Å². The number of rotatable bonds is 5. The van der Waals surface area contributed by atoms with Crippen LogP contribution < -0.4 is 0 Å². The second-order valence-electron chi connectivity index (χ2n) is 3.74. The first-order valence-corrected chi connectivity index (χ1v) is 5.12. The van der Waals surface area contributed by atoms with Crippen LogP contribution in [0, 0.1) is 5.82 Å². The van der Waals surface area contributed by atoms with Crippen LogP contribution in [-0.4, -0.2) is 12.6 Å². The van der Waals surface area contributed by atoms with Gasteiger partial charge in [-0.1, -0.05) is 18.7 Å². The van der Waals surface area contributed by atoms with E-state index in [1.807, 2.05) is 0 Å². The van der Waals surface area contributed by atoms with Gasteiger partial charge < -0.3 is 4.74 Å². The van der Waals surface area contributed by atoms with Gasteiger partial charge in [-0.25, -0.2) is 4.39 Å². The van der Waals surface area contributed by atoms with Gasteiger partial charge in [-0.2, -0.15) is 0 Å². The van der Waals surface area contributed by atoms with Crippen LogP contribution in [-0.2, 0) is 16.0 Å². The van der Waals surface area contributed by atoms with Crippen LogP contribution in [0.4, 0.5) is 4.39 Å². The molecule has 0 aliphatic rings. The predicted octanol–water partition coefficient (Wildman–Crippen LogP) is 2.88. The highest BCUT2D eigenvalue weighted by atomic mass is 19.1. The molecule has 0 spiro atoms. The molecule has 1 rings (SSSR count). The van der Waals surface area contributed by atoms with Gasteiger partial charge in [-0.3, -0.25) is 4.79 Å². The van der Waals surface area contributed by atoms with Crippen LogP contribution in [0.2, 0.25) is 0 Å². The SMILES string of the molecule is C=C(C)COC(=O)CCc1ccc(F)cc1. The van der Waals surface area contributed by atoms with E-state index in [1.54, 1.807) is 19.1 Å². The molecule has 3 heteroatoms. The second-order valence-corrected chi connectivity index (χ2v) is 3.74. The van der Waals surface area contributed by atoms with Crippen LogP contribution in [0.25, 0.3) is 0 Å². The number of hydrogen-bond donors (Lipinski definition) is 0. The highest BCUT2D eigenvalue weighted by Crippen LogP contribution is 2.06. The van der Waals surface area contributed by atoms with E-state index in [-0.39, 0.29) is 18.4 Å². The zero-order chi connectivity index (χ0) is 12.0. The lowest BCUT2D eigenvalue weighted by Gasteiger charge is -2.04. The van der Waals surface area contributed by atoms with Crippen molar-refractivity contribution in [3.63, 3.8) is 0 Å². The summed E-state index contributed by atoms with van der Waals surface area (Å²) < 4.78 is 17.5. The number of benzene rings is 1. The van der Waals surface area contributed by atoms with Crippen molar-refractivity contribution in [3.8, 4) is 0 Å². The third kappa shape index (κ3) is 4.73. The van der Waals surface area contributed by atoms with E-state index in [9.17, 15) is 9.18 Å². The number of halogens is 1. The summed E-state index contributed by atoms with van der Waals surface area (Å²) in [5.41, 5.74) is 1.74. The molecule has 0 unspecified atom stereocenters. The van der Waals surface area contributed by atoms with E-state index in [0.717, 1.165) is 11.1 Å². The largest absolute Gasteiger partial charge is 0.461 e. The third-order valence-corrected chi connectivity index (χ3v) is 2.01. The van der Waals surface area contributed by atoms with Crippen molar-refractivity contribution in [3.05, 3.63) is 47.8 Å². The Kier molecular flexibility index (Phi) is 4.70. The van der Waals surface area contributed by atoms with Gasteiger partial charge in [0.25, 0.3) is 0 Å². The zero-order valence-corrected chi connectivity index (χ0v) is 9.33. The third-order valence-electron chi connectivity index (χ3n) is 2.01. The molecule has 1 aromatic rings. The van der Waals surface area contributed by atoms with Crippen molar-refractivity contribution in [2.75, 3.05) is 6.61 Å². The molecule has 2 nitrogen and oxygen atoms in total. The average molecular weight is 222 g/mol. The molecule has 1 aromatic carbocycles. The maximum atomic E-state index is 12.6. The highest BCUT2D eigenvalue weighted by Gasteiger charge is 2.03. The Hall–Kier alpha value is -1.64. The Labute approximate surface area is 94.7 Å². The summed E-state index contributed by atoms with van der Waals surface area (Å²) in [6, 6.07) is 6.10. The molecule has 0 amide bonds. The number of carbonyl (C=O) groups excluding carboxylic acids is 1. The highest BCUT2D eigenvalue weighted by molar-refractivity contribution is 5.69. The van der Waals surface area contributed by atoms with E-state index in [4.69, 9.17) is 4.74 Å². The number of aryl methyl sites for hydroxylation is 1. The topological polar surface area (TPSA) is 26.3 Å². The van der Waals surface area contributed by atoms with Gasteiger partial charge in [0.15, 0.2) is 0 Å². The van der Waals surface area contributed by atoms with Gasteiger partial charge in [0.2, 0.25) is 0 Å². The number of hydrogen-bond acceptors (Lipinski definition) is 2. The molecule has 16 heavy (non-hydrogen) atoms. The lowest BCUT2D eigenvalue weighted by Crippen LogP contribution is -2.07. The fraction of sp³-hybridized carbons (Fsp3) is 0.308. The maximum absolute atomic E-state index is 12.6. The minimum absolute atomic E-state index is 0.257. The van der Waals surface area contributed by atoms with Gasteiger partial charge in [0, 0.05) is 6.42 Å². The zero-order valence-electron chi connectivity index (χ0n) is 9.33. The summed E-state index contributed by atoms with van der Waals surface area (Å²) >= 11 is 0. The maximum Gasteiger partial charge on any atom is 0.306 e. The monoisotopic (exact) mass is 222 g/mol. The van der Waals surface area contributed by atoms with Gasteiger partial charge in [-0.05, 0) is 36.6 Å².